The molecule has 2 atom stereocenters. The van der Waals surface area contributed by atoms with Crippen molar-refractivity contribution < 1.29 is 14.3 Å². The molecule has 0 radical (unpaired) electrons. The van der Waals surface area contributed by atoms with E-state index in [0.29, 0.717) is 0 Å². The first-order chi connectivity index (χ1) is 2.81. The van der Waals surface area contributed by atoms with Crippen molar-refractivity contribution in [3.05, 3.63) is 4.91 Å². The van der Waals surface area contributed by atoms with Crippen molar-refractivity contribution in [1.82, 2.24) is 0 Å². The van der Waals surface area contributed by atoms with Gasteiger partial charge >= 0.3 is 5.09 Å². The van der Waals surface area contributed by atoms with Gasteiger partial charge in [-0.15, -0.1) is 0 Å². The van der Waals surface area contributed by atoms with Gasteiger partial charge in [0.1, 0.15) is 4.91 Å². The smallest absolute Gasteiger partial charge is 0.177 e. The van der Waals surface area contributed by atoms with Crippen LogP contribution in [0.4, 0.5) is 0 Å². The Labute approximate surface area is 39.2 Å². The lowest BCUT2D eigenvalue weighted by Gasteiger charge is -1.73. The summed E-state index contributed by atoms with van der Waals surface area (Å²) in [5, 5.41) is -0.0741. The van der Waals surface area contributed by atoms with Crippen LogP contribution in [0.2, 0.25) is 0 Å². The molecular formula is H4NO3P2+. The summed E-state index contributed by atoms with van der Waals surface area (Å²) in [7, 11) is 3.43. The van der Waals surface area contributed by atoms with E-state index in [0.717, 1.165) is 0 Å². The average molecular weight is 128 g/mol. The molecule has 0 amide bonds. The zero-order valence-electron chi connectivity index (χ0n) is 2.83. The van der Waals surface area contributed by atoms with Crippen molar-refractivity contribution in [2.24, 2.45) is 0 Å². The monoisotopic (exact) mass is 128 g/mol. The van der Waals surface area contributed by atoms with Gasteiger partial charge in [0.25, 0.3) is 0 Å². The van der Waals surface area contributed by atoms with Crippen LogP contribution in [0.5, 0.6) is 0 Å². The predicted octanol–water partition coefficient (Wildman–Crippen LogP) is 0.209. The van der Waals surface area contributed by atoms with Crippen LogP contribution in [0.3, 0.4) is 0 Å². The molecule has 0 rings (SSSR count). The fraction of sp³-hybridized carbons (Fsp3) is 0. The Morgan fingerprint density at radius 3 is 1.67 bits per heavy atom. The number of hydrogen-bond donors (Lipinski definition) is 0. The largest absolute Gasteiger partial charge is 0.481 e. The van der Waals surface area contributed by atoms with Gasteiger partial charge in [0.05, 0.1) is 0 Å². The van der Waals surface area contributed by atoms with Gasteiger partial charge < -0.3 is 0 Å². The molecule has 2 unspecified atom stereocenters. The number of rotatable bonds is 2. The van der Waals surface area contributed by atoms with E-state index >= 15 is 0 Å². The van der Waals surface area contributed by atoms with Crippen molar-refractivity contribution in [3.63, 3.8) is 0 Å². The second-order valence-electron chi connectivity index (χ2n) is 0.434. The van der Waals surface area contributed by atoms with Crippen LogP contribution < -0.4 is 0 Å². The second-order valence-corrected chi connectivity index (χ2v) is 0.856. The third-order valence-corrected chi connectivity index (χ3v) is 0.516. The van der Waals surface area contributed by atoms with Gasteiger partial charge in [0.2, 0.25) is 0 Å². The highest BCUT2D eigenvalue weighted by Crippen LogP contribution is 1.91. The SMILES string of the molecule is O=[N+](OP)OP. The Hall–Kier alpha value is 0.0600. The molecule has 0 heterocycles. The van der Waals surface area contributed by atoms with Gasteiger partial charge in [0, 0.05) is 0 Å². The Morgan fingerprint density at radius 2 is 1.67 bits per heavy atom. The van der Waals surface area contributed by atoms with E-state index in [1.807, 2.05) is 0 Å². The van der Waals surface area contributed by atoms with Crippen molar-refractivity contribution in [2.45, 2.75) is 0 Å². The maximum Gasteiger partial charge on any atom is 0.481 e. The molecule has 0 fully saturated rings. The molecule has 0 aromatic rings. The van der Waals surface area contributed by atoms with Gasteiger partial charge in [-0.1, -0.05) is 0 Å². The molecule has 0 spiro atoms. The third-order valence-electron chi connectivity index (χ3n) is 0.172. The minimum atomic E-state index is -0.0741. The van der Waals surface area contributed by atoms with Crippen LogP contribution in [0.15, 0.2) is 0 Å². The van der Waals surface area contributed by atoms with E-state index in [9.17, 15) is 4.91 Å². The molecule has 0 N–H and O–H groups in total. The molecular weight excluding hydrogens is 124 g/mol. The van der Waals surface area contributed by atoms with Crippen LogP contribution in [0, 0.1) is 4.91 Å². The Bertz CT molecular complexity index is 46.8. The fourth-order valence-corrected chi connectivity index (χ4v) is 0.224. The van der Waals surface area contributed by atoms with Crippen molar-refractivity contribution in [1.29, 1.82) is 0 Å². The lowest BCUT2D eigenvalue weighted by molar-refractivity contribution is -0.920. The Balaban J connectivity index is 2.99. The standard InChI is InChI=1S/H4NO3P2/c2-1(3-5)4-6/h5-6H2/q+1. The molecule has 0 saturated heterocycles. The topological polar surface area (TPSA) is 38.5 Å². The van der Waals surface area contributed by atoms with E-state index in [-0.39, 0.29) is 5.09 Å². The summed E-state index contributed by atoms with van der Waals surface area (Å²) < 4.78 is 7.70. The van der Waals surface area contributed by atoms with E-state index in [1.54, 1.807) is 18.9 Å². The van der Waals surface area contributed by atoms with Gasteiger partial charge in [-0.25, -0.2) is 0 Å². The maximum atomic E-state index is 9.61. The van der Waals surface area contributed by atoms with Gasteiger partial charge in [0.15, 0.2) is 18.9 Å². The lowest BCUT2D eigenvalue weighted by atomic mass is 13.1. The second kappa shape index (κ2) is 3.26. The molecule has 4 nitrogen and oxygen atoms in total. The highest BCUT2D eigenvalue weighted by atomic mass is 31.0. The number of nitrogens with zero attached hydrogens (tertiary/aromatic N) is 1. The zero-order valence-corrected chi connectivity index (χ0v) is 5.14. The molecule has 0 aliphatic rings. The molecule has 0 aliphatic heterocycles. The van der Waals surface area contributed by atoms with Crippen LogP contribution in [0.1, 0.15) is 0 Å². The number of hydrogen-bond acceptors (Lipinski definition) is 3. The van der Waals surface area contributed by atoms with E-state index < -0.39 is 0 Å². The first-order valence-corrected chi connectivity index (χ1v) is 1.96. The first-order valence-electron chi connectivity index (χ1n) is 1.02. The van der Waals surface area contributed by atoms with Crippen LogP contribution in [0.25, 0.3) is 0 Å². The lowest BCUT2D eigenvalue weighted by Crippen LogP contribution is -1.93. The maximum absolute atomic E-state index is 9.61. The van der Waals surface area contributed by atoms with Gasteiger partial charge in [-0.3, -0.25) is 0 Å². The van der Waals surface area contributed by atoms with Crippen LogP contribution in [-0.2, 0) is 9.25 Å². The molecule has 36 valence electrons. The highest BCUT2D eigenvalue weighted by molar-refractivity contribution is 7.10. The fourth-order valence-electron chi connectivity index (χ4n) is 0.0248. The summed E-state index contributed by atoms with van der Waals surface area (Å²) in [6.45, 7) is 0. The summed E-state index contributed by atoms with van der Waals surface area (Å²) in [5.41, 5.74) is 0. The average Bonchev–Trinajstić information content (AvgIpc) is 1.65. The molecule has 0 bridgehead atoms. The highest BCUT2D eigenvalue weighted by Gasteiger charge is 1.99. The van der Waals surface area contributed by atoms with Crippen LogP contribution >= 0.6 is 18.9 Å². The predicted molar refractivity (Wildman–Crippen MR) is 25.2 cm³/mol. The molecule has 0 aliphatic carbocycles. The van der Waals surface area contributed by atoms with Gasteiger partial charge in [-0.2, -0.15) is 9.25 Å². The third kappa shape index (κ3) is 2.31. The minimum absolute atomic E-state index is 0.0741. The van der Waals surface area contributed by atoms with Crippen molar-refractivity contribution in [2.75, 3.05) is 0 Å². The van der Waals surface area contributed by atoms with E-state index in [1.165, 1.54) is 0 Å². The quantitative estimate of drug-likeness (QED) is 0.394. The summed E-state index contributed by atoms with van der Waals surface area (Å²) in [6.07, 6.45) is 0. The summed E-state index contributed by atoms with van der Waals surface area (Å²) in [6, 6.07) is 0. The molecule has 0 saturated carbocycles. The normalized spacial score (nSPS) is 7.00. The molecule has 6 heteroatoms. The van der Waals surface area contributed by atoms with E-state index in [4.69, 9.17) is 0 Å². The Morgan fingerprint density at radius 1 is 1.33 bits per heavy atom. The molecule has 0 aromatic carbocycles. The minimum Gasteiger partial charge on any atom is -0.177 e. The van der Waals surface area contributed by atoms with Crippen LogP contribution in [-0.4, -0.2) is 5.09 Å². The van der Waals surface area contributed by atoms with Crippen molar-refractivity contribution in [3.8, 4) is 0 Å². The van der Waals surface area contributed by atoms with E-state index in [2.05, 4.69) is 9.25 Å². The molecule has 0 aromatic heterocycles. The summed E-state index contributed by atoms with van der Waals surface area (Å²) in [4.78, 5) is 9.61. The molecule has 6 heavy (non-hydrogen) atoms. The summed E-state index contributed by atoms with van der Waals surface area (Å²) >= 11 is 0. The van der Waals surface area contributed by atoms with Crippen molar-refractivity contribution >= 4 is 18.9 Å². The Kier molecular flexibility index (Phi) is 3.29. The van der Waals surface area contributed by atoms with Gasteiger partial charge in [-0.05, 0) is 0 Å². The first kappa shape index (κ1) is 6.06. The zero-order chi connectivity index (χ0) is 4.99. The summed E-state index contributed by atoms with van der Waals surface area (Å²) in [5.74, 6) is 0.